The Morgan fingerprint density at radius 3 is 2.67 bits per heavy atom. The molecule has 0 radical (unpaired) electrons. The summed E-state index contributed by atoms with van der Waals surface area (Å²) in [5.74, 6) is -1.24. The molecule has 0 saturated carbocycles. The summed E-state index contributed by atoms with van der Waals surface area (Å²) >= 11 is 0. The minimum Gasteiger partial charge on any atom is -0.478 e. The molecule has 0 saturated heterocycles. The van der Waals surface area contributed by atoms with Gasteiger partial charge in [0, 0.05) is 18.0 Å². The molecule has 0 atom stereocenters. The molecule has 18 heavy (non-hydrogen) atoms. The van der Waals surface area contributed by atoms with E-state index < -0.39 is 11.9 Å². The van der Waals surface area contributed by atoms with E-state index in [1.54, 1.807) is 25.1 Å². The highest BCUT2D eigenvalue weighted by molar-refractivity contribution is 6.04. The number of para-hydroxylation sites is 1. The number of esters is 1. The molecule has 1 aromatic heterocycles. The van der Waals surface area contributed by atoms with Gasteiger partial charge in [-0.3, -0.25) is 4.79 Å². The van der Waals surface area contributed by atoms with Crippen molar-refractivity contribution >= 4 is 22.8 Å². The SMILES string of the molecule is CC(=O)Oc1cccc2c(C(=O)O)cc(C)nc12. The Hall–Kier alpha value is -2.43. The van der Waals surface area contributed by atoms with Crippen molar-refractivity contribution in [2.75, 3.05) is 0 Å². The van der Waals surface area contributed by atoms with Gasteiger partial charge < -0.3 is 9.84 Å². The second-order valence-electron chi connectivity index (χ2n) is 3.86. The number of hydrogen-bond donors (Lipinski definition) is 1. The van der Waals surface area contributed by atoms with E-state index >= 15 is 0 Å². The molecule has 0 aliphatic carbocycles. The first-order valence-electron chi connectivity index (χ1n) is 5.31. The van der Waals surface area contributed by atoms with Crippen molar-refractivity contribution in [2.45, 2.75) is 13.8 Å². The molecule has 0 aliphatic heterocycles. The van der Waals surface area contributed by atoms with E-state index in [0.29, 0.717) is 16.6 Å². The summed E-state index contributed by atoms with van der Waals surface area (Å²) in [7, 11) is 0. The lowest BCUT2D eigenvalue weighted by atomic mass is 10.1. The number of rotatable bonds is 2. The molecule has 0 spiro atoms. The van der Waals surface area contributed by atoms with Crippen LogP contribution in [0.25, 0.3) is 10.9 Å². The van der Waals surface area contributed by atoms with Crippen molar-refractivity contribution in [1.29, 1.82) is 0 Å². The minimum absolute atomic E-state index is 0.145. The number of benzene rings is 1. The van der Waals surface area contributed by atoms with Crippen molar-refractivity contribution in [3.05, 3.63) is 35.5 Å². The van der Waals surface area contributed by atoms with Crippen LogP contribution in [-0.2, 0) is 4.79 Å². The van der Waals surface area contributed by atoms with Gasteiger partial charge in [-0.25, -0.2) is 9.78 Å². The number of pyridine rings is 1. The zero-order chi connectivity index (χ0) is 13.3. The summed E-state index contributed by atoms with van der Waals surface area (Å²) in [6.45, 7) is 2.98. The Morgan fingerprint density at radius 1 is 1.33 bits per heavy atom. The number of carbonyl (C=O) groups is 2. The van der Waals surface area contributed by atoms with E-state index in [-0.39, 0.29) is 11.3 Å². The normalized spacial score (nSPS) is 10.3. The van der Waals surface area contributed by atoms with Crippen LogP contribution in [0.3, 0.4) is 0 Å². The molecule has 0 fully saturated rings. The smallest absolute Gasteiger partial charge is 0.336 e. The standard InChI is InChI=1S/C13H11NO4/c1-7-6-10(13(16)17)9-4-3-5-11(12(9)14-7)18-8(2)15/h3-6H,1-2H3,(H,16,17). The summed E-state index contributed by atoms with van der Waals surface area (Å²) in [6.07, 6.45) is 0. The van der Waals surface area contributed by atoms with Gasteiger partial charge in [-0.2, -0.15) is 0 Å². The lowest BCUT2D eigenvalue weighted by Crippen LogP contribution is -2.05. The second-order valence-corrected chi connectivity index (χ2v) is 3.86. The molecular formula is C13H11NO4. The predicted molar refractivity (Wildman–Crippen MR) is 64.7 cm³/mol. The first-order valence-corrected chi connectivity index (χ1v) is 5.31. The number of aryl methyl sites for hydroxylation is 1. The molecule has 2 rings (SSSR count). The average Bonchev–Trinajstić information content (AvgIpc) is 2.28. The van der Waals surface area contributed by atoms with E-state index in [9.17, 15) is 9.59 Å². The van der Waals surface area contributed by atoms with Crippen LogP contribution >= 0.6 is 0 Å². The van der Waals surface area contributed by atoms with Gasteiger partial charge in [-0.05, 0) is 19.1 Å². The molecule has 2 aromatic rings. The number of carboxylic acids is 1. The number of nitrogens with zero attached hydrogens (tertiary/aromatic N) is 1. The van der Waals surface area contributed by atoms with Gasteiger partial charge in [-0.1, -0.05) is 12.1 Å². The lowest BCUT2D eigenvalue weighted by Gasteiger charge is -2.08. The maximum atomic E-state index is 11.2. The van der Waals surface area contributed by atoms with Crippen molar-refractivity contribution in [3.8, 4) is 5.75 Å². The van der Waals surface area contributed by atoms with Gasteiger partial charge in [0.15, 0.2) is 5.75 Å². The maximum absolute atomic E-state index is 11.2. The third kappa shape index (κ3) is 2.15. The van der Waals surface area contributed by atoms with Gasteiger partial charge in [0.25, 0.3) is 0 Å². The summed E-state index contributed by atoms with van der Waals surface area (Å²) < 4.78 is 5.02. The van der Waals surface area contributed by atoms with Crippen LogP contribution < -0.4 is 4.74 Å². The average molecular weight is 245 g/mol. The van der Waals surface area contributed by atoms with E-state index in [2.05, 4.69) is 4.98 Å². The predicted octanol–water partition coefficient (Wildman–Crippen LogP) is 2.17. The molecule has 0 amide bonds. The summed E-state index contributed by atoms with van der Waals surface area (Å²) in [4.78, 5) is 26.4. The van der Waals surface area contributed by atoms with Crippen LogP contribution in [0, 0.1) is 6.92 Å². The molecule has 0 bridgehead atoms. The largest absolute Gasteiger partial charge is 0.478 e. The van der Waals surface area contributed by atoms with Gasteiger partial charge in [-0.15, -0.1) is 0 Å². The van der Waals surface area contributed by atoms with Crippen LogP contribution in [0.2, 0.25) is 0 Å². The van der Waals surface area contributed by atoms with Crippen molar-refractivity contribution in [1.82, 2.24) is 4.98 Å². The molecule has 0 aliphatic rings. The number of fused-ring (bicyclic) bond motifs is 1. The first-order chi connectivity index (χ1) is 8.49. The number of aromatic nitrogens is 1. The summed E-state index contributed by atoms with van der Waals surface area (Å²) in [5, 5.41) is 9.60. The lowest BCUT2D eigenvalue weighted by molar-refractivity contribution is -0.131. The number of carbonyl (C=O) groups excluding carboxylic acids is 1. The van der Waals surface area contributed by atoms with Crippen LogP contribution in [-0.4, -0.2) is 22.0 Å². The fourth-order valence-electron chi connectivity index (χ4n) is 1.76. The van der Waals surface area contributed by atoms with Gasteiger partial charge in [0.2, 0.25) is 0 Å². The van der Waals surface area contributed by atoms with Crippen LogP contribution in [0.15, 0.2) is 24.3 Å². The molecule has 1 N–H and O–H groups in total. The zero-order valence-electron chi connectivity index (χ0n) is 9.93. The van der Waals surface area contributed by atoms with E-state index in [1.807, 2.05) is 0 Å². The Balaban J connectivity index is 2.77. The highest BCUT2D eigenvalue weighted by atomic mass is 16.5. The van der Waals surface area contributed by atoms with Gasteiger partial charge >= 0.3 is 11.9 Å². The Bertz CT molecular complexity index is 649. The molecular weight excluding hydrogens is 234 g/mol. The number of ether oxygens (including phenoxy) is 1. The molecule has 5 nitrogen and oxygen atoms in total. The van der Waals surface area contributed by atoms with Crippen molar-refractivity contribution in [3.63, 3.8) is 0 Å². The number of hydrogen-bond acceptors (Lipinski definition) is 4. The fourth-order valence-corrected chi connectivity index (χ4v) is 1.76. The highest BCUT2D eigenvalue weighted by Gasteiger charge is 2.14. The molecule has 0 unspecified atom stereocenters. The minimum atomic E-state index is -1.04. The quantitative estimate of drug-likeness (QED) is 0.648. The third-order valence-corrected chi connectivity index (χ3v) is 2.41. The van der Waals surface area contributed by atoms with E-state index in [0.717, 1.165) is 0 Å². The second kappa shape index (κ2) is 4.44. The zero-order valence-corrected chi connectivity index (χ0v) is 9.93. The molecule has 1 heterocycles. The monoisotopic (exact) mass is 245 g/mol. The van der Waals surface area contributed by atoms with Crippen molar-refractivity contribution < 1.29 is 19.4 Å². The molecule has 1 aromatic carbocycles. The van der Waals surface area contributed by atoms with Crippen LogP contribution in [0.5, 0.6) is 5.75 Å². The maximum Gasteiger partial charge on any atom is 0.336 e. The van der Waals surface area contributed by atoms with Crippen LogP contribution in [0.1, 0.15) is 23.0 Å². The highest BCUT2D eigenvalue weighted by Crippen LogP contribution is 2.27. The molecule has 92 valence electrons. The van der Waals surface area contributed by atoms with Gasteiger partial charge in [0.05, 0.1) is 5.56 Å². The summed E-state index contributed by atoms with van der Waals surface area (Å²) in [6, 6.07) is 6.34. The van der Waals surface area contributed by atoms with Gasteiger partial charge in [0.1, 0.15) is 5.52 Å². The Kier molecular flexibility index (Phi) is 2.97. The topological polar surface area (TPSA) is 76.5 Å². The Labute approximate surface area is 103 Å². The first kappa shape index (κ1) is 12.0. The Morgan fingerprint density at radius 2 is 2.06 bits per heavy atom. The molecule has 5 heteroatoms. The van der Waals surface area contributed by atoms with Crippen molar-refractivity contribution in [2.24, 2.45) is 0 Å². The fraction of sp³-hybridized carbons (Fsp3) is 0.154. The summed E-state index contributed by atoms with van der Waals surface area (Å²) in [5.41, 5.74) is 1.08. The third-order valence-electron chi connectivity index (χ3n) is 2.41. The van der Waals surface area contributed by atoms with E-state index in [4.69, 9.17) is 9.84 Å². The number of carboxylic acid groups (broad SMARTS) is 1. The van der Waals surface area contributed by atoms with Crippen LogP contribution in [0.4, 0.5) is 0 Å². The van der Waals surface area contributed by atoms with E-state index in [1.165, 1.54) is 13.0 Å². The number of aromatic carboxylic acids is 1.